The molecule has 1 N–H and O–H groups in total. The van der Waals surface area contributed by atoms with Crippen molar-refractivity contribution in [3.63, 3.8) is 0 Å². The van der Waals surface area contributed by atoms with Gasteiger partial charge in [-0.25, -0.2) is 0 Å². The molecule has 0 bridgehead atoms. The molecule has 2 aromatic carbocycles. The van der Waals surface area contributed by atoms with Crippen LogP contribution in [-0.4, -0.2) is 77.3 Å². The quantitative estimate of drug-likeness (QED) is 0.431. The molecule has 0 radical (unpaired) electrons. The second kappa shape index (κ2) is 10.5. The molecule has 1 aromatic heterocycles. The summed E-state index contributed by atoms with van der Waals surface area (Å²) in [4.78, 5) is 27.5. The number of nitrogens with zero attached hydrogens (tertiary/aromatic N) is 3. The Labute approximate surface area is 209 Å². The van der Waals surface area contributed by atoms with Crippen molar-refractivity contribution in [2.24, 2.45) is 0 Å². The van der Waals surface area contributed by atoms with Gasteiger partial charge in [-0.1, -0.05) is 31.9 Å². The SMILES string of the molecule is COC(=O)CCC(=O)N1CCN(C[C@@H](O)Cn2c3ccc(Br)cc3c3cc(Br)ccc32)CC1. The lowest BCUT2D eigenvalue weighted by atomic mass is 10.2. The van der Waals surface area contributed by atoms with E-state index < -0.39 is 6.10 Å². The molecule has 1 aliphatic heterocycles. The van der Waals surface area contributed by atoms with Crippen LogP contribution < -0.4 is 0 Å². The molecule has 1 aliphatic rings. The minimum atomic E-state index is -0.544. The monoisotopic (exact) mass is 579 g/mol. The van der Waals surface area contributed by atoms with E-state index in [4.69, 9.17) is 0 Å². The van der Waals surface area contributed by atoms with Crippen LogP contribution in [0.15, 0.2) is 45.3 Å². The van der Waals surface area contributed by atoms with Gasteiger partial charge in [0.15, 0.2) is 0 Å². The normalized spacial score (nSPS) is 15.8. The smallest absolute Gasteiger partial charge is 0.306 e. The number of β-amino-alcohol motifs (C(OH)–C–C–N with tert-alkyl or cyclic N) is 1. The van der Waals surface area contributed by atoms with Crippen molar-refractivity contribution in [2.45, 2.75) is 25.5 Å². The first kappa shape index (κ1) is 24.2. The fourth-order valence-corrected chi connectivity index (χ4v) is 5.18. The maximum absolute atomic E-state index is 12.3. The number of hydrogen-bond donors (Lipinski definition) is 1. The van der Waals surface area contributed by atoms with Gasteiger partial charge in [0, 0.05) is 69.9 Å². The number of aliphatic hydroxyl groups is 1. The Balaban J connectivity index is 1.39. The van der Waals surface area contributed by atoms with Gasteiger partial charge in [0.2, 0.25) is 5.91 Å². The summed E-state index contributed by atoms with van der Waals surface area (Å²) < 4.78 is 8.83. The van der Waals surface area contributed by atoms with Crippen LogP contribution in [-0.2, 0) is 20.9 Å². The van der Waals surface area contributed by atoms with Gasteiger partial charge in [-0.2, -0.15) is 0 Å². The molecule has 3 aromatic rings. The molecule has 176 valence electrons. The number of aromatic nitrogens is 1. The fraction of sp³-hybridized carbons (Fsp3) is 0.417. The summed E-state index contributed by atoms with van der Waals surface area (Å²) in [6.07, 6.45) is -0.257. The minimum absolute atomic E-state index is 0.0248. The van der Waals surface area contributed by atoms with Gasteiger partial charge in [0.25, 0.3) is 0 Å². The summed E-state index contributed by atoms with van der Waals surface area (Å²) >= 11 is 7.14. The maximum Gasteiger partial charge on any atom is 0.306 e. The first-order valence-electron chi connectivity index (χ1n) is 11.0. The number of fused-ring (bicyclic) bond motifs is 3. The van der Waals surface area contributed by atoms with E-state index >= 15 is 0 Å². The first-order chi connectivity index (χ1) is 15.9. The maximum atomic E-state index is 12.3. The second-order valence-corrected chi connectivity index (χ2v) is 10.2. The Hall–Kier alpha value is -1.94. The van der Waals surface area contributed by atoms with Crippen LogP contribution in [0.5, 0.6) is 0 Å². The molecule has 2 heterocycles. The number of rotatable bonds is 7. The molecular weight excluding hydrogens is 554 g/mol. The lowest BCUT2D eigenvalue weighted by molar-refractivity contribution is -0.144. The molecule has 0 unspecified atom stereocenters. The van der Waals surface area contributed by atoms with Crippen molar-refractivity contribution < 1.29 is 19.4 Å². The number of amides is 1. The van der Waals surface area contributed by atoms with Crippen LogP contribution in [0, 0.1) is 0 Å². The van der Waals surface area contributed by atoms with Crippen LogP contribution in [0.1, 0.15) is 12.8 Å². The van der Waals surface area contributed by atoms with E-state index in [2.05, 4.69) is 70.3 Å². The van der Waals surface area contributed by atoms with Crippen molar-refractivity contribution >= 4 is 65.5 Å². The molecule has 4 rings (SSSR count). The first-order valence-corrected chi connectivity index (χ1v) is 12.6. The average molecular weight is 581 g/mol. The van der Waals surface area contributed by atoms with Crippen molar-refractivity contribution in [3.8, 4) is 0 Å². The number of esters is 1. The summed E-state index contributed by atoms with van der Waals surface area (Å²) in [5.74, 6) is -0.391. The molecule has 7 nitrogen and oxygen atoms in total. The highest BCUT2D eigenvalue weighted by atomic mass is 79.9. The molecule has 33 heavy (non-hydrogen) atoms. The summed E-state index contributed by atoms with van der Waals surface area (Å²) in [5.41, 5.74) is 2.18. The predicted molar refractivity (Wildman–Crippen MR) is 135 cm³/mol. The second-order valence-electron chi connectivity index (χ2n) is 8.34. The molecule has 1 fully saturated rings. The molecule has 1 atom stereocenters. The number of aliphatic hydroxyl groups excluding tert-OH is 1. The minimum Gasteiger partial charge on any atom is -0.469 e. The summed E-state index contributed by atoms with van der Waals surface area (Å²) in [6, 6.07) is 12.4. The number of ether oxygens (including phenoxy) is 1. The third-order valence-corrected chi connectivity index (χ3v) is 7.13. The van der Waals surface area contributed by atoms with Gasteiger partial charge in [0.05, 0.1) is 26.2 Å². The van der Waals surface area contributed by atoms with Gasteiger partial charge in [0.1, 0.15) is 0 Å². The Morgan fingerprint density at radius 3 is 2.06 bits per heavy atom. The molecule has 0 aliphatic carbocycles. The van der Waals surface area contributed by atoms with Crippen LogP contribution >= 0.6 is 31.9 Å². The fourth-order valence-electron chi connectivity index (χ4n) is 4.46. The van der Waals surface area contributed by atoms with Crippen molar-refractivity contribution in [3.05, 3.63) is 45.3 Å². The number of carbonyl (C=O) groups excluding carboxylic acids is 2. The number of piperazine rings is 1. The van der Waals surface area contributed by atoms with Crippen LogP contribution in [0.2, 0.25) is 0 Å². The molecule has 1 amide bonds. The number of benzene rings is 2. The highest BCUT2D eigenvalue weighted by Gasteiger charge is 2.23. The van der Waals surface area contributed by atoms with Crippen molar-refractivity contribution in [2.75, 3.05) is 39.8 Å². The zero-order valence-corrected chi connectivity index (χ0v) is 21.6. The van der Waals surface area contributed by atoms with Gasteiger partial charge >= 0.3 is 5.97 Å². The largest absolute Gasteiger partial charge is 0.469 e. The average Bonchev–Trinajstić information content (AvgIpc) is 3.09. The van der Waals surface area contributed by atoms with Crippen molar-refractivity contribution in [1.29, 1.82) is 0 Å². The number of halogens is 2. The Morgan fingerprint density at radius 2 is 1.52 bits per heavy atom. The highest BCUT2D eigenvalue weighted by Crippen LogP contribution is 2.33. The molecular formula is C24H27Br2N3O4. The van der Waals surface area contributed by atoms with E-state index in [0.29, 0.717) is 39.3 Å². The lowest BCUT2D eigenvalue weighted by Crippen LogP contribution is -2.50. The molecule has 1 saturated heterocycles. The number of methoxy groups -OCH3 is 1. The third-order valence-electron chi connectivity index (χ3n) is 6.15. The summed E-state index contributed by atoms with van der Waals surface area (Å²) in [5, 5.41) is 13.2. The Bertz CT molecular complexity index is 1110. The Morgan fingerprint density at radius 1 is 0.939 bits per heavy atom. The van der Waals surface area contributed by atoms with Crippen LogP contribution in [0.25, 0.3) is 21.8 Å². The van der Waals surface area contributed by atoms with Crippen molar-refractivity contribution in [1.82, 2.24) is 14.4 Å². The zero-order chi connectivity index (χ0) is 23.5. The standard InChI is InChI=1S/C24H27Br2N3O4/c1-33-24(32)7-6-23(31)28-10-8-27(9-11-28)14-18(30)15-29-21-4-2-16(25)12-19(21)20-13-17(26)3-5-22(20)29/h2-5,12-13,18,30H,6-11,14-15H2,1H3/t18-/m1/s1. The van der Waals surface area contributed by atoms with E-state index in [9.17, 15) is 14.7 Å². The van der Waals surface area contributed by atoms with Gasteiger partial charge < -0.3 is 19.3 Å². The predicted octanol–water partition coefficient (Wildman–Crippen LogP) is 3.78. The zero-order valence-electron chi connectivity index (χ0n) is 18.5. The van der Waals surface area contributed by atoms with Gasteiger partial charge in [-0.15, -0.1) is 0 Å². The number of hydrogen-bond acceptors (Lipinski definition) is 5. The van der Waals surface area contributed by atoms with E-state index in [-0.39, 0.29) is 24.7 Å². The summed E-state index contributed by atoms with van der Waals surface area (Å²) in [7, 11) is 1.33. The van der Waals surface area contributed by atoms with E-state index in [1.165, 1.54) is 7.11 Å². The molecule has 0 spiro atoms. The topological polar surface area (TPSA) is 75.0 Å². The third kappa shape index (κ3) is 5.59. The highest BCUT2D eigenvalue weighted by molar-refractivity contribution is 9.10. The van der Waals surface area contributed by atoms with Gasteiger partial charge in [-0.3, -0.25) is 14.5 Å². The molecule has 0 saturated carbocycles. The Kier molecular flexibility index (Phi) is 7.73. The van der Waals surface area contributed by atoms with Gasteiger partial charge in [-0.05, 0) is 36.4 Å². The summed E-state index contributed by atoms with van der Waals surface area (Å²) in [6.45, 7) is 3.64. The molecule has 9 heteroatoms. The van der Waals surface area contributed by atoms with E-state index in [1.807, 2.05) is 12.1 Å². The van der Waals surface area contributed by atoms with E-state index in [0.717, 1.165) is 30.8 Å². The van der Waals surface area contributed by atoms with Crippen LogP contribution in [0.4, 0.5) is 0 Å². The van der Waals surface area contributed by atoms with Crippen LogP contribution in [0.3, 0.4) is 0 Å². The lowest BCUT2D eigenvalue weighted by Gasteiger charge is -2.35. The number of carbonyl (C=O) groups is 2. The van der Waals surface area contributed by atoms with E-state index in [1.54, 1.807) is 4.90 Å².